The summed E-state index contributed by atoms with van der Waals surface area (Å²) in [6.07, 6.45) is -4.77. The van der Waals surface area contributed by atoms with Crippen LogP contribution in [0.25, 0.3) is 5.76 Å². The molecule has 6 heteroatoms. The monoisotopic (exact) mass is 347 g/mol. The summed E-state index contributed by atoms with van der Waals surface area (Å²) in [6.45, 7) is 0. The molecule has 0 saturated carbocycles. The van der Waals surface area contributed by atoms with Crippen LogP contribution in [0.5, 0.6) is 0 Å². The molecule has 0 heterocycles. The van der Waals surface area contributed by atoms with E-state index in [1.54, 1.807) is 48.5 Å². The third-order valence-corrected chi connectivity index (χ3v) is 3.92. The Morgan fingerprint density at radius 2 is 1.54 bits per heavy atom. The van der Waals surface area contributed by atoms with Crippen LogP contribution in [0.4, 0.5) is 13.2 Å². The van der Waals surface area contributed by atoms with Crippen molar-refractivity contribution in [2.24, 2.45) is 0 Å². The normalized spacial score (nSPS) is 13.2. The van der Waals surface area contributed by atoms with Gasteiger partial charge in [-0.2, -0.15) is 18.4 Å². The van der Waals surface area contributed by atoms with Crippen LogP contribution < -0.4 is 0 Å². The molecule has 2 aromatic carbocycles. The van der Waals surface area contributed by atoms with Crippen molar-refractivity contribution in [3.8, 4) is 6.07 Å². The molecular formula is C18H12F3NOS. The number of aliphatic hydroxyl groups excluding tert-OH is 1. The molecule has 0 aliphatic heterocycles. The van der Waals surface area contributed by atoms with Crippen LogP contribution in [0.1, 0.15) is 5.56 Å². The molecule has 2 nitrogen and oxygen atoms in total. The third-order valence-electron chi connectivity index (χ3n) is 3.03. The van der Waals surface area contributed by atoms with E-state index in [0.717, 1.165) is 17.2 Å². The first-order valence-electron chi connectivity index (χ1n) is 6.81. The predicted octanol–water partition coefficient (Wildman–Crippen LogP) is 5.72. The van der Waals surface area contributed by atoms with Crippen molar-refractivity contribution in [3.63, 3.8) is 0 Å². The van der Waals surface area contributed by atoms with Gasteiger partial charge in [0.25, 0.3) is 0 Å². The highest BCUT2D eigenvalue weighted by Crippen LogP contribution is 2.37. The Hall–Kier alpha value is -2.65. The first-order valence-corrected chi connectivity index (χ1v) is 7.69. The van der Waals surface area contributed by atoms with Gasteiger partial charge in [0.1, 0.15) is 17.4 Å². The second-order valence-electron chi connectivity index (χ2n) is 4.66. The Labute approximate surface area is 141 Å². The molecule has 2 rings (SSSR count). The zero-order valence-electron chi connectivity index (χ0n) is 12.3. The van der Waals surface area contributed by atoms with Crippen molar-refractivity contribution >= 4 is 17.5 Å². The zero-order chi connectivity index (χ0) is 17.6. The Bertz CT molecular complexity index is 791. The first kappa shape index (κ1) is 17.7. The fraction of sp³-hybridized carbons (Fsp3) is 0.0556. The summed E-state index contributed by atoms with van der Waals surface area (Å²) < 4.78 is 40.1. The molecule has 0 saturated heterocycles. The minimum Gasteiger partial charge on any atom is -0.506 e. The number of halogens is 3. The molecule has 0 amide bonds. The molecule has 24 heavy (non-hydrogen) atoms. The summed E-state index contributed by atoms with van der Waals surface area (Å²) in [5, 5.41) is 20.1. The van der Waals surface area contributed by atoms with Gasteiger partial charge < -0.3 is 5.11 Å². The van der Waals surface area contributed by atoms with Gasteiger partial charge >= 0.3 is 6.18 Å². The largest absolute Gasteiger partial charge is 0.506 e. The van der Waals surface area contributed by atoms with E-state index in [-0.39, 0.29) is 5.56 Å². The minimum atomic E-state index is -4.77. The number of nitrogens with zero attached hydrogens (tertiary/aromatic N) is 1. The van der Waals surface area contributed by atoms with E-state index in [1.807, 2.05) is 0 Å². The molecule has 0 aliphatic rings. The quantitative estimate of drug-likeness (QED) is 0.333. The zero-order valence-corrected chi connectivity index (χ0v) is 13.1. The third kappa shape index (κ3) is 4.43. The molecule has 0 radical (unpaired) electrons. The molecule has 0 spiro atoms. The van der Waals surface area contributed by atoms with Crippen LogP contribution in [0, 0.1) is 11.3 Å². The summed E-state index contributed by atoms with van der Waals surface area (Å²) in [7, 11) is 0. The average molecular weight is 347 g/mol. The summed E-state index contributed by atoms with van der Waals surface area (Å²) in [6, 6.07) is 17.6. The van der Waals surface area contributed by atoms with E-state index in [0.29, 0.717) is 4.90 Å². The van der Waals surface area contributed by atoms with E-state index in [1.165, 1.54) is 18.2 Å². The number of allylic oxidation sites excluding steroid dienone is 2. The standard InChI is InChI=1S/C18H12F3NOS/c19-18(20,21)16(12-24-14-9-5-2-6-10-14)15(11-22)17(23)13-7-3-1-4-8-13/h1-10,12,23H/b16-12+,17-15-. The van der Waals surface area contributed by atoms with Crippen molar-refractivity contribution in [1.29, 1.82) is 5.26 Å². The number of benzene rings is 2. The van der Waals surface area contributed by atoms with Crippen molar-refractivity contribution in [2.45, 2.75) is 11.1 Å². The number of nitriles is 1. The number of hydrogen-bond donors (Lipinski definition) is 1. The summed E-state index contributed by atoms with van der Waals surface area (Å²) in [4.78, 5) is 0.593. The summed E-state index contributed by atoms with van der Waals surface area (Å²) >= 11 is 0.833. The molecule has 2 aromatic rings. The molecule has 0 aromatic heterocycles. The summed E-state index contributed by atoms with van der Waals surface area (Å²) in [5.41, 5.74) is -1.84. The molecule has 0 unspecified atom stereocenters. The van der Waals surface area contributed by atoms with E-state index < -0.39 is 23.1 Å². The molecule has 122 valence electrons. The Kier molecular flexibility index (Phi) is 5.72. The number of aliphatic hydroxyl groups is 1. The molecule has 0 bridgehead atoms. The SMILES string of the molecule is N#CC(/C(=C\Sc1ccccc1)C(F)(F)F)=C(/O)c1ccccc1. The highest BCUT2D eigenvalue weighted by molar-refractivity contribution is 8.02. The van der Waals surface area contributed by atoms with E-state index in [4.69, 9.17) is 0 Å². The fourth-order valence-electron chi connectivity index (χ4n) is 1.87. The van der Waals surface area contributed by atoms with Crippen molar-refractivity contribution < 1.29 is 18.3 Å². The van der Waals surface area contributed by atoms with Crippen LogP contribution in [0.15, 0.2) is 82.1 Å². The average Bonchev–Trinajstić information content (AvgIpc) is 2.58. The number of rotatable bonds is 4. The molecule has 1 N–H and O–H groups in total. The van der Waals surface area contributed by atoms with Gasteiger partial charge in [-0.05, 0) is 17.5 Å². The van der Waals surface area contributed by atoms with Crippen LogP contribution in [0.3, 0.4) is 0 Å². The Morgan fingerprint density at radius 1 is 1.00 bits per heavy atom. The van der Waals surface area contributed by atoms with Gasteiger partial charge in [0.2, 0.25) is 0 Å². The van der Waals surface area contributed by atoms with Crippen molar-refractivity contribution in [3.05, 3.63) is 82.8 Å². The van der Waals surface area contributed by atoms with Gasteiger partial charge in [-0.1, -0.05) is 60.3 Å². The summed E-state index contributed by atoms with van der Waals surface area (Å²) in [5.74, 6) is -0.699. The number of alkyl halides is 3. The van der Waals surface area contributed by atoms with Crippen LogP contribution >= 0.6 is 11.8 Å². The van der Waals surface area contributed by atoms with Crippen molar-refractivity contribution in [2.75, 3.05) is 0 Å². The van der Waals surface area contributed by atoms with Gasteiger partial charge in [0.05, 0.1) is 5.57 Å². The van der Waals surface area contributed by atoms with Gasteiger partial charge in [0, 0.05) is 10.5 Å². The maximum atomic E-state index is 13.4. The van der Waals surface area contributed by atoms with E-state index >= 15 is 0 Å². The highest BCUT2D eigenvalue weighted by atomic mass is 32.2. The number of thioether (sulfide) groups is 1. The van der Waals surface area contributed by atoms with Gasteiger partial charge in [0.15, 0.2) is 0 Å². The van der Waals surface area contributed by atoms with Crippen molar-refractivity contribution in [1.82, 2.24) is 0 Å². The highest BCUT2D eigenvalue weighted by Gasteiger charge is 2.38. The molecule has 0 aliphatic carbocycles. The van der Waals surface area contributed by atoms with Crippen LogP contribution in [0.2, 0.25) is 0 Å². The fourth-order valence-corrected chi connectivity index (χ4v) is 2.69. The maximum absolute atomic E-state index is 13.4. The van der Waals surface area contributed by atoms with Crippen LogP contribution in [-0.2, 0) is 0 Å². The Morgan fingerprint density at radius 3 is 2.04 bits per heavy atom. The lowest BCUT2D eigenvalue weighted by Crippen LogP contribution is -2.14. The van der Waals surface area contributed by atoms with Gasteiger partial charge in [-0.3, -0.25) is 0 Å². The van der Waals surface area contributed by atoms with Gasteiger partial charge in [-0.25, -0.2) is 0 Å². The second kappa shape index (κ2) is 7.75. The molecule has 0 atom stereocenters. The smallest absolute Gasteiger partial charge is 0.418 e. The van der Waals surface area contributed by atoms with E-state index in [2.05, 4.69) is 0 Å². The van der Waals surface area contributed by atoms with Crippen LogP contribution in [-0.4, -0.2) is 11.3 Å². The lowest BCUT2D eigenvalue weighted by atomic mass is 10.0. The topological polar surface area (TPSA) is 44.0 Å². The Balaban J connectivity index is 2.48. The van der Waals surface area contributed by atoms with E-state index in [9.17, 15) is 23.5 Å². The first-order chi connectivity index (χ1) is 11.4. The lowest BCUT2D eigenvalue weighted by Gasteiger charge is -2.12. The minimum absolute atomic E-state index is 0.147. The lowest BCUT2D eigenvalue weighted by molar-refractivity contribution is -0.0887. The molecular weight excluding hydrogens is 335 g/mol. The van der Waals surface area contributed by atoms with Gasteiger partial charge in [-0.15, -0.1) is 0 Å². The maximum Gasteiger partial charge on any atom is 0.418 e. The number of hydrogen-bond acceptors (Lipinski definition) is 3. The molecule has 0 fully saturated rings. The predicted molar refractivity (Wildman–Crippen MR) is 88.0 cm³/mol. The second-order valence-corrected chi connectivity index (χ2v) is 5.60.